The number of nitrogens with zero attached hydrogens (tertiary/aromatic N) is 1. The van der Waals surface area contributed by atoms with Crippen molar-refractivity contribution in [3.63, 3.8) is 0 Å². The largest absolute Gasteiger partial charge is 0.497 e. The highest BCUT2D eigenvalue weighted by Crippen LogP contribution is 2.25. The quantitative estimate of drug-likeness (QED) is 0.811. The SMILES string of the molecule is COc1ccc(CN(C)C(=O)Cc2ccccc2Cl)c(OC)c1. The molecule has 0 heterocycles. The second-order valence-corrected chi connectivity index (χ2v) is 5.60. The van der Waals surface area contributed by atoms with Gasteiger partial charge in [-0.3, -0.25) is 4.79 Å². The van der Waals surface area contributed by atoms with E-state index in [2.05, 4.69) is 0 Å². The van der Waals surface area contributed by atoms with Gasteiger partial charge in [0.25, 0.3) is 0 Å². The number of benzene rings is 2. The maximum atomic E-state index is 12.4. The number of hydrogen-bond donors (Lipinski definition) is 0. The predicted octanol–water partition coefficient (Wildman–Crippen LogP) is 3.56. The van der Waals surface area contributed by atoms with Gasteiger partial charge in [0.1, 0.15) is 11.5 Å². The van der Waals surface area contributed by atoms with E-state index in [0.29, 0.717) is 17.3 Å². The lowest BCUT2D eigenvalue weighted by molar-refractivity contribution is -0.129. The van der Waals surface area contributed by atoms with Gasteiger partial charge in [-0.1, -0.05) is 29.8 Å². The fourth-order valence-corrected chi connectivity index (χ4v) is 2.47. The van der Waals surface area contributed by atoms with E-state index < -0.39 is 0 Å². The molecule has 2 aromatic carbocycles. The third kappa shape index (κ3) is 4.39. The Balaban J connectivity index is 2.08. The van der Waals surface area contributed by atoms with Crippen LogP contribution in [0.3, 0.4) is 0 Å². The summed E-state index contributed by atoms with van der Waals surface area (Å²) in [4.78, 5) is 14.1. The second-order valence-electron chi connectivity index (χ2n) is 5.20. The summed E-state index contributed by atoms with van der Waals surface area (Å²) >= 11 is 6.11. The molecule has 2 aromatic rings. The molecule has 2 rings (SSSR count). The molecule has 0 saturated heterocycles. The van der Waals surface area contributed by atoms with Crippen LogP contribution in [0.2, 0.25) is 5.02 Å². The number of hydrogen-bond acceptors (Lipinski definition) is 3. The smallest absolute Gasteiger partial charge is 0.227 e. The van der Waals surface area contributed by atoms with Crippen molar-refractivity contribution in [3.8, 4) is 11.5 Å². The Morgan fingerprint density at radius 2 is 1.83 bits per heavy atom. The van der Waals surface area contributed by atoms with E-state index in [1.165, 1.54) is 0 Å². The minimum Gasteiger partial charge on any atom is -0.497 e. The molecule has 5 heteroatoms. The number of carbonyl (C=O) groups excluding carboxylic acids is 1. The zero-order valence-corrected chi connectivity index (χ0v) is 14.3. The summed E-state index contributed by atoms with van der Waals surface area (Å²) < 4.78 is 10.5. The summed E-state index contributed by atoms with van der Waals surface area (Å²) in [7, 11) is 4.97. The normalized spacial score (nSPS) is 10.3. The minimum atomic E-state index is -0.00373. The summed E-state index contributed by atoms with van der Waals surface area (Å²) in [5, 5.41) is 0.608. The first-order chi connectivity index (χ1) is 11.0. The Morgan fingerprint density at radius 1 is 1.09 bits per heavy atom. The third-order valence-electron chi connectivity index (χ3n) is 3.63. The number of methoxy groups -OCH3 is 2. The average molecular weight is 334 g/mol. The van der Waals surface area contributed by atoms with E-state index in [0.717, 1.165) is 16.9 Å². The number of carbonyl (C=O) groups is 1. The molecule has 0 aliphatic heterocycles. The van der Waals surface area contributed by atoms with Crippen LogP contribution >= 0.6 is 11.6 Å². The zero-order valence-electron chi connectivity index (χ0n) is 13.5. The van der Waals surface area contributed by atoms with E-state index in [1.54, 1.807) is 32.2 Å². The molecule has 0 bridgehead atoms. The van der Waals surface area contributed by atoms with E-state index in [9.17, 15) is 4.79 Å². The monoisotopic (exact) mass is 333 g/mol. The molecular formula is C18H20ClNO3. The Kier molecular flexibility index (Phi) is 5.88. The number of ether oxygens (including phenoxy) is 2. The Bertz CT molecular complexity index is 688. The van der Waals surface area contributed by atoms with E-state index in [4.69, 9.17) is 21.1 Å². The molecule has 0 fully saturated rings. The van der Waals surface area contributed by atoms with Crippen LogP contribution in [0.4, 0.5) is 0 Å². The Labute approximate surface area is 141 Å². The first kappa shape index (κ1) is 17.2. The number of halogens is 1. The van der Waals surface area contributed by atoms with Gasteiger partial charge >= 0.3 is 0 Å². The first-order valence-electron chi connectivity index (χ1n) is 7.23. The zero-order chi connectivity index (χ0) is 16.8. The topological polar surface area (TPSA) is 38.8 Å². The molecule has 0 aromatic heterocycles. The number of likely N-dealkylation sites (N-methyl/N-ethyl adjacent to an activating group) is 1. The van der Waals surface area contributed by atoms with Gasteiger partial charge in [-0.25, -0.2) is 0 Å². The number of rotatable bonds is 6. The fraction of sp³-hybridized carbons (Fsp3) is 0.278. The van der Waals surface area contributed by atoms with Gasteiger partial charge in [0, 0.05) is 30.2 Å². The standard InChI is InChI=1S/C18H20ClNO3/c1-20(18(21)10-13-6-4-5-7-16(13)19)12-14-8-9-15(22-2)11-17(14)23-3/h4-9,11H,10,12H2,1-3H3. The van der Waals surface area contributed by atoms with Gasteiger partial charge in [-0.05, 0) is 23.8 Å². The molecule has 0 atom stereocenters. The molecule has 1 amide bonds. The van der Waals surface area contributed by atoms with E-state index in [-0.39, 0.29) is 12.3 Å². The summed E-state index contributed by atoms with van der Waals surface area (Å²) in [6, 6.07) is 12.9. The molecule has 0 radical (unpaired) electrons. The average Bonchev–Trinajstić information content (AvgIpc) is 2.57. The predicted molar refractivity (Wildman–Crippen MR) is 91.2 cm³/mol. The van der Waals surface area contributed by atoms with E-state index >= 15 is 0 Å². The molecule has 23 heavy (non-hydrogen) atoms. The van der Waals surface area contributed by atoms with Crippen LogP contribution < -0.4 is 9.47 Å². The van der Waals surface area contributed by atoms with Gasteiger partial charge in [0.2, 0.25) is 5.91 Å². The van der Waals surface area contributed by atoms with Crippen molar-refractivity contribution in [1.82, 2.24) is 4.90 Å². The summed E-state index contributed by atoms with van der Waals surface area (Å²) in [5.74, 6) is 1.41. The second kappa shape index (κ2) is 7.88. The fourth-order valence-electron chi connectivity index (χ4n) is 2.27. The molecule has 122 valence electrons. The van der Waals surface area contributed by atoms with Gasteiger partial charge in [0.05, 0.1) is 20.6 Å². The van der Waals surface area contributed by atoms with Crippen LogP contribution in [0.5, 0.6) is 11.5 Å². The van der Waals surface area contributed by atoms with Gasteiger partial charge in [-0.15, -0.1) is 0 Å². The lowest BCUT2D eigenvalue weighted by Gasteiger charge is -2.19. The Hall–Kier alpha value is -2.20. The van der Waals surface area contributed by atoms with Crippen molar-refractivity contribution in [2.75, 3.05) is 21.3 Å². The van der Waals surface area contributed by atoms with Crippen molar-refractivity contribution in [2.24, 2.45) is 0 Å². The number of amides is 1. The van der Waals surface area contributed by atoms with Gasteiger partial charge in [0.15, 0.2) is 0 Å². The van der Waals surface area contributed by atoms with Crippen molar-refractivity contribution in [1.29, 1.82) is 0 Å². The van der Waals surface area contributed by atoms with Crippen LogP contribution in [0.25, 0.3) is 0 Å². The van der Waals surface area contributed by atoms with Gasteiger partial charge in [-0.2, -0.15) is 0 Å². The lowest BCUT2D eigenvalue weighted by Crippen LogP contribution is -2.28. The summed E-state index contributed by atoms with van der Waals surface area (Å²) in [6.07, 6.45) is 0.272. The highest BCUT2D eigenvalue weighted by Gasteiger charge is 2.14. The lowest BCUT2D eigenvalue weighted by atomic mass is 10.1. The third-order valence-corrected chi connectivity index (χ3v) is 4.00. The molecule has 0 aliphatic carbocycles. The molecule has 0 N–H and O–H groups in total. The van der Waals surface area contributed by atoms with Crippen molar-refractivity contribution >= 4 is 17.5 Å². The van der Waals surface area contributed by atoms with Crippen molar-refractivity contribution in [2.45, 2.75) is 13.0 Å². The first-order valence-corrected chi connectivity index (χ1v) is 7.61. The summed E-state index contributed by atoms with van der Waals surface area (Å²) in [5.41, 5.74) is 1.75. The van der Waals surface area contributed by atoms with Crippen molar-refractivity contribution < 1.29 is 14.3 Å². The molecule has 0 aliphatic rings. The molecule has 0 unspecified atom stereocenters. The van der Waals surface area contributed by atoms with Crippen LogP contribution in [0.1, 0.15) is 11.1 Å². The Morgan fingerprint density at radius 3 is 2.48 bits per heavy atom. The van der Waals surface area contributed by atoms with Crippen LogP contribution in [0, 0.1) is 0 Å². The van der Waals surface area contributed by atoms with E-state index in [1.807, 2.05) is 36.4 Å². The maximum Gasteiger partial charge on any atom is 0.227 e. The molecule has 0 spiro atoms. The van der Waals surface area contributed by atoms with Crippen LogP contribution in [-0.4, -0.2) is 32.1 Å². The maximum absolute atomic E-state index is 12.4. The van der Waals surface area contributed by atoms with Gasteiger partial charge < -0.3 is 14.4 Å². The molecular weight excluding hydrogens is 314 g/mol. The summed E-state index contributed by atoms with van der Waals surface area (Å²) in [6.45, 7) is 0.455. The highest BCUT2D eigenvalue weighted by atomic mass is 35.5. The highest BCUT2D eigenvalue weighted by molar-refractivity contribution is 6.31. The van der Waals surface area contributed by atoms with Crippen molar-refractivity contribution in [3.05, 3.63) is 58.6 Å². The molecule has 0 saturated carbocycles. The van der Waals surface area contributed by atoms with Crippen LogP contribution in [0.15, 0.2) is 42.5 Å². The minimum absolute atomic E-state index is 0.00373. The van der Waals surface area contributed by atoms with Crippen LogP contribution in [-0.2, 0) is 17.8 Å². The molecule has 4 nitrogen and oxygen atoms in total.